The molecule has 1 heterocycles. The number of anilines is 1. The van der Waals surface area contributed by atoms with E-state index in [9.17, 15) is 9.59 Å². The predicted molar refractivity (Wildman–Crippen MR) is 86.8 cm³/mol. The first-order chi connectivity index (χ1) is 10.6. The van der Waals surface area contributed by atoms with Crippen LogP contribution in [0.1, 0.15) is 25.7 Å². The molecule has 0 atom stereocenters. The lowest BCUT2D eigenvalue weighted by atomic mass is 10.1. The summed E-state index contributed by atoms with van der Waals surface area (Å²) in [6.07, 6.45) is 4.06. The third-order valence-corrected chi connectivity index (χ3v) is 4.62. The Morgan fingerprint density at radius 1 is 1.36 bits per heavy atom. The van der Waals surface area contributed by atoms with E-state index in [0.29, 0.717) is 11.4 Å². The second kappa shape index (κ2) is 6.36. The minimum atomic E-state index is -0.349. The molecule has 0 unspecified atom stereocenters. The van der Waals surface area contributed by atoms with Crippen LogP contribution < -0.4 is 10.6 Å². The highest BCUT2D eigenvalue weighted by atomic mass is 32.1. The van der Waals surface area contributed by atoms with Crippen LogP contribution in [0.15, 0.2) is 34.4 Å². The molecule has 1 aromatic carbocycles. The summed E-state index contributed by atoms with van der Waals surface area (Å²) < 4.78 is 6.89. The number of nitrogens with zero attached hydrogens (tertiary/aromatic N) is 1. The third kappa shape index (κ3) is 3.22. The molecule has 2 N–H and O–H groups in total. The predicted octanol–water partition coefficient (Wildman–Crippen LogP) is 2.64. The Morgan fingerprint density at radius 3 is 2.86 bits per heavy atom. The first-order valence-corrected chi connectivity index (χ1v) is 8.25. The van der Waals surface area contributed by atoms with Gasteiger partial charge in [0, 0.05) is 16.6 Å². The maximum absolute atomic E-state index is 12.1. The Bertz CT molecular complexity index is 729. The Kier molecular flexibility index (Phi) is 4.29. The number of aromatic nitrogens is 1. The number of esters is 1. The van der Waals surface area contributed by atoms with Crippen LogP contribution in [-0.4, -0.2) is 16.6 Å². The van der Waals surface area contributed by atoms with E-state index < -0.39 is 0 Å². The summed E-state index contributed by atoms with van der Waals surface area (Å²) in [4.78, 5) is 23.9. The van der Waals surface area contributed by atoms with Crippen molar-refractivity contribution in [2.24, 2.45) is 0 Å². The van der Waals surface area contributed by atoms with Gasteiger partial charge in [-0.05, 0) is 37.8 Å². The maximum atomic E-state index is 12.1. The second-order valence-corrected chi connectivity index (χ2v) is 6.32. The first kappa shape index (κ1) is 14.8. The molecule has 0 saturated heterocycles. The van der Waals surface area contributed by atoms with Crippen molar-refractivity contribution >= 4 is 23.0 Å². The topological polar surface area (TPSA) is 74.3 Å². The van der Waals surface area contributed by atoms with E-state index >= 15 is 0 Å². The van der Waals surface area contributed by atoms with E-state index in [1.165, 1.54) is 4.57 Å². The summed E-state index contributed by atoms with van der Waals surface area (Å²) >= 11 is 1.08. The van der Waals surface area contributed by atoms with Crippen LogP contribution >= 0.6 is 11.3 Å². The molecule has 2 aromatic rings. The molecular weight excluding hydrogens is 300 g/mol. The smallest absolute Gasteiger partial charge is 0.326 e. The van der Waals surface area contributed by atoms with Crippen molar-refractivity contribution < 1.29 is 9.53 Å². The molecule has 0 radical (unpaired) electrons. The molecule has 0 spiro atoms. The molecule has 1 aromatic heterocycles. The molecule has 1 aliphatic rings. The molecule has 5 nitrogen and oxygen atoms in total. The molecule has 22 heavy (non-hydrogen) atoms. The van der Waals surface area contributed by atoms with Crippen molar-refractivity contribution in [3.05, 3.63) is 39.3 Å². The third-order valence-electron chi connectivity index (χ3n) is 3.85. The lowest BCUT2D eigenvalue weighted by Gasteiger charge is -2.12. The molecule has 0 bridgehead atoms. The normalized spacial score (nSPS) is 15.1. The average Bonchev–Trinajstić information content (AvgIpc) is 3.10. The summed E-state index contributed by atoms with van der Waals surface area (Å²) in [7, 11) is 0. The molecule has 1 aliphatic carbocycles. The average molecular weight is 318 g/mol. The Balaban J connectivity index is 1.80. The summed E-state index contributed by atoms with van der Waals surface area (Å²) in [5, 5.41) is 1.75. The highest BCUT2D eigenvalue weighted by Crippen LogP contribution is 2.23. The Morgan fingerprint density at radius 2 is 2.14 bits per heavy atom. The van der Waals surface area contributed by atoms with Crippen LogP contribution in [0.5, 0.6) is 0 Å². The van der Waals surface area contributed by atoms with Gasteiger partial charge in [-0.2, -0.15) is 0 Å². The van der Waals surface area contributed by atoms with Crippen LogP contribution in [0.4, 0.5) is 5.69 Å². The van der Waals surface area contributed by atoms with Gasteiger partial charge in [-0.1, -0.05) is 23.5 Å². The maximum Gasteiger partial charge on any atom is 0.326 e. The number of nitrogen functional groups attached to an aromatic ring is 1. The number of thiazole rings is 1. The van der Waals surface area contributed by atoms with Gasteiger partial charge in [-0.3, -0.25) is 14.2 Å². The molecule has 116 valence electrons. The van der Waals surface area contributed by atoms with Crippen molar-refractivity contribution in [3.63, 3.8) is 0 Å². The van der Waals surface area contributed by atoms with Crippen molar-refractivity contribution in [3.8, 4) is 11.3 Å². The largest absolute Gasteiger partial charge is 0.461 e. The van der Waals surface area contributed by atoms with E-state index in [4.69, 9.17) is 10.5 Å². The Labute approximate surface area is 132 Å². The molecule has 6 heteroatoms. The zero-order chi connectivity index (χ0) is 15.5. The highest BCUT2D eigenvalue weighted by molar-refractivity contribution is 7.07. The number of rotatable bonds is 4. The molecule has 1 fully saturated rings. The SMILES string of the molecule is Nc1cccc(-c2csc(=O)n2CC(=O)OC2CCCC2)c1. The van der Waals surface area contributed by atoms with Gasteiger partial charge in [0.2, 0.25) is 0 Å². The minimum Gasteiger partial charge on any atom is -0.461 e. The first-order valence-electron chi connectivity index (χ1n) is 7.37. The van der Waals surface area contributed by atoms with Crippen molar-refractivity contribution in [1.82, 2.24) is 4.57 Å². The van der Waals surface area contributed by atoms with Gasteiger partial charge in [0.05, 0.1) is 5.69 Å². The van der Waals surface area contributed by atoms with Crippen molar-refractivity contribution in [1.29, 1.82) is 0 Å². The summed E-state index contributed by atoms with van der Waals surface area (Å²) in [6, 6.07) is 7.28. The number of benzene rings is 1. The van der Waals surface area contributed by atoms with Crippen LogP contribution in [0.3, 0.4) is 0 Å². The van der Waals surface area contributed by atoms with E-state index in [-0.39, 0.29) is 23.5 Å². The minimum absolute atomic E-state index is 0.0117. The lowest BCUT2D eigenvalue weighted by Crippen LogP contribution is -2.24. The second-order valence-electron chi connectivity index (χ2n) is 5.49. The summed E-state index contributed by atoms with van der Waals surface area (Å²) in [5.41, 5.74) is 7.93. The van der Waals surface area contributed by atoms with Crippen LogP contribution in [0.2, 0.25) is 0 Å². The fourth-order valence-electron chi connectivity index (χ4n) is 2.76. The molecule has 0 amide bonds. The van der Waals surface area contributed by atoms with Gasteiger partial charge in [-0.25, -0.2) is 0 Å². The van der Waals surface area contributed by atoms with Gasteiger partial charge >= 0.3 is 10.8 Å². The fraction of sp³-hybridized carbons (Fsp3) is 0.375. The van der Waals surface area contributed by atoms with E-state index in [2.05, 4.69) is 0 Å². The molecular formula is C16H18N2O3S. The van der Waals surface area contributed by atoms with Gasteiger partial charge in [-0.15, -0.1) is 0 Å². The Hall–Kier alpha value is -2.08. The van der Waals surface area contributed by atoms with E-state index in [1.54, 1.807) is 17.5 Å². The fourth-order valence-corrected chi connectivity index (χ4v) is 3.53. The number of carbonyl (C=O) groups excluding carboxylic acids is 1. The van der Waals surface area contributed by atoms with Crippen LogP contribution in [0.25, 0.3) is 11.3 Å². The van der Waals surface area contributed by atoms with E-state index in [0.717, 1.165) is 42.6 Å². The lowest BCUT2D eigenvalue weighted by molar-refractivity contribution is -0.149. The quantitative estimate of drug-likeness (QED) is 0.694. The van der Waals surface area contributed by atoms with Gasteiger partial charge in [0.1, 0.15) is 12.6 Å². The molecule has 3 rings (SSSR count). The summed E-state index contributed by atoms with van der Waals surface area (Å²) in [5.74, 6) is -0.349. The molecule has 1 saturated carbocycles. The van der Waals surface area contributed by atoms with Gasteiger partial charge < -0.3 is 10.5 Å². The van der Waals surface area contributed by atoms with Gasteiger partial charge in [0.25, 0.3) is 0 Å². The van der Waals surface area contributed by atoms with E-state index in [1.807, 2.05) is 12.1 Å². The molecule has 0 aliphatic heterocycles. The number of carbonyl (C=O) groups is 1. The van der Waals surface area contributed by atoms with Crippen LogP contribution in [-0.2, 0) is 16.1 Å². The number of ether oxygens (including phenoxy) is 1. The highest BCUT2D eigenvalue weighted by Gasteiger charge is 2.20. The van der Waals surface area contributed by atoms with Crippen molar-refractivity contribution in [2.75, 3.05) is 5.73 Å². The monoisotopic (exact) mass is 318 g/mol. The number of nitrogens with two attached hydrogens (primary N) is 1. The van der Waals surface area contributed by atoms with Crippen molar-refractivity contribution in [2.45, 2.75) is 38.3 Å². The number of hydrogen-bond acceptors (Lipinski definition) is 5. The van der Waals surface area contributed by atoms with Gasteiger partial charge in [0.15, 0.2) is 0 Å². The standard InChI is InChI=1S/C16H18N2O3S/c17-12-5-3-4-11(8-12)14-10-22-16(20)18(14)9-15(19)21-13-6-1-2-7-13/h3-5,8,10,13H,1-2,6-7,9,17H2. The van der Waals surface area contributed by atoms with Crippen LogP contribution in [0, 0.1) is 0 Å². The summed E-state index contributed by atoms with van der Waals surface area (Å²) in [6.45, 7) is -0.0526. The number of hydrogen-bond donors (Lipinski definition) is 1. The zero-order valence-electron chi connectivity index (χ0n) is 12.2. The zero-order valence-corrected chi connectivity index (χ0v) is 13.0.